The summed E-state index contributed by atoms with van der Waals surface area (Å²) in [5, 5.41) is 9.43. The summed E-state index contributed by atoms with van der Waals surface area (Å²) in [7, 11) is 1.76. The fraction of sp³-hybridized carbons (Fsp3) is 0.882. The lowest BCUT2D eigenvalue weighted by Gasteiger charge is -2.26. The van der Waals surface area contributed by atoms with E-state index in [1.807, 2.05) is 13.8 Å². The molecule has 0 aromatic rings. The van der Waals surface area contributed by atoms with Gasteiger partial charge in [-0.05, 0) is 25.7 Å². The molecule has 0 saturated carbocycles. The normalized spacial score (nSPS) is 11.9. The van der Waals surface area contributed by atoms with E-state index >= 15 is 0 Å². The van der Waals surface area contributed by atoms with Crippen molar-refractivity contribution in [3.8, 4) is 0 Å². The predicted molar refractivity (Wildman–Crippen MR) is 111 cm³/mol. The van der Waals surface area contributed by atoms with Crippen LogP contribution in [0.25, 0.3) is 0 Å². The topological polar surface area (TPSA) is 65.5 Å². The number of nitrogens with one attached hydrogen (secondary N) is 3. The van der Waals surface area contributed by atoms with E-state index in [4.69, 9.17) is 0 Å². The lowest BCUT2D eigenvalue weighted by Crippen LogP contribution is -2.43. The van der Waals surface area contributed by atoms with E-state index in [2.05, 4.69) is 41.7 Å². The second kappa shape index (κ2) is 13.9. The fourth-order valence-electron chi connectivity index (χ4n) is 2.17. The van der Waals surface area contributed by atoms with E-state index in [-0.39, 0.29) is 41.3 Å². The third kappa shape index (κ3) is 14.8. The highest BCUT2D eigenvalue weighted by molar-refractivity contribution is 14.0. The largest absolute Gasteiger partial charge is 0.356 e. The van der Waals surface area contributed by atoms with E-state index < -0.39 is 0 Å². The van der Waals surface area contributed by atoms with Gasteiger partial charge in [0.2, 0.25) is 5.91 Å². The number of halogens is 1. The fourth-order valence-corrected chi connectivity index (χ4v) is 2.17. The predicted octanol–water partition coefficient (Wildman–Crippen LogP) is 3.29. The molecule has 0 spiro atoms. The molecule has 0 bridgehead atoms. The smallest absolute Gasteiger partial charge is 0.221 e. The molecule has 23 heavy (non-hydrogen) atoms. The third-order valence-corrected chi connectivity index (χ3v) is 3.51. The van der Waals surface area contributed by atoms with Gasteiger partial charge < -0.3 is 16.0 Å². The van der Waals surface area contributed by atoms with Crippen LogP contribution < -0.4 is 16.0 Å². The molecule has 0 aromatic heterocycles. The van der Waals surface area contributed by atoms with Crippen LogP contribution in [0.15, 0.2) is 4.99 Å². The zero-order valence-corrected chi connectivity index (χ0v) is 18.1. The Kier molecular flexibility index (Phi) is 14.9. The molecule has 0 atom stereocenters. The Bertz CT molecular complexity index is 343. The molecule has 0 aliphatic carbocycles. The second-order valence-electron chi connectivity index (χ2n) is 6.95. The monoisotopic (exact) mass is 440 g/mol. The minimum atomic E-state index is 0. The summed E-state index contributed by atoms with van der Waals surface area (Å²) in [6.45, 7) is 12.2. The zero-order chi connectivity index (χ0) is 17.0. The van der Waals surface area contributed by atoms with Crippen LogP contribution in [0.2, 0.25) is 0 Å². The molecular formula is C17H37IN4O. The summed E-state index contributed by atoms with van der Waals surface area (Å²) >= 11 is 0. The van der Waals surface area contributed by atoms with Gasteiger partial charge in [-0.2, -0.15) is 0 Å². The number of carbonyl (C=O) groups excluding carboxylic acids is 1. The van der Waals surface area contributed by atoms with E-state index in [9.17, 15) is 4.79 Å². The van der Waals surface area contributed by atoms with Crippen molar-refractivity contribution >= 4 is 35.8 Å². The lowest BCUT2D eigenvalue weighted by atomic mass is 9.87. The van der Waals surface area contributed by atoms with Crippen molar-refractivity contribution in [2.45, 2.75) is 72.8 Å². The van der Waals surface area contributed by atoms with Crippen LogP contribution in [0.3, 0.4) is 0 Å². The first-order chi connectivity index (χ1) is 10.3. The Labute approximate surface area is 159 Å². The van der Waals surface area contributed by atoms with Crippen LogP contribution in [0.4, 0.5) is 0 Å². The molecule has 5 nitrogen and oxygen atoms in total. The Hall–Kier alpha value is -0.530. The summed E-state index contributed by atoms with van der Waals surface area (Å²) < 4.78 is 0. The van der Waals surface area contributed by atoms with Crippen LogP contribution in [0, 0.1) is 5.41 Å². The lowest BCUT2D eigenvalue weighted by molar-refractivity contribution is -0.121. The standard InChI is InChI=1S/C17H36N4O.HI/c1-7-8-9-11-17(4,5)13-20-16(18-6)19-12-10-15(22)21-14(2)3;/h14H,7-13H2,1-6H3,(H,21,22)(H2,18,19,20);1H. The molecule has 0 aliphatic heterocycles. The second-order valence-corrected chi connectivity index (χ2v) is 6.95. The number of carbonyl (C=O) groups is 1. The number of guanidine groups is 1. The molecule has 1 amide bonds. The quantitative estimate of drug-likeness (QED) is 0.211. The highest BCUT2D eigenvalue weighted by Gasteiger charge is 2.17. The van der Waals surface area contributed by atoms with Crippen LogP contribution in [0.1, 0.15) is 66.7 Å². The minimum Gasteiger partial charge on any atom is -0.356 e. The molecule has 0 rings (SSSR count). The summed E-state index contributed by atoms with van der Waals surface area (Å²) in [6, 6.07) is 0.189. The van der Waals surface area contributed by atoms with E-state index in [0.29, 0.717) is 13.0 Å². The molecule has 0 aromatic carbocycles. The molecule has 0 heterocycles. The third-order valence-electron chi connectivity index (χ3n) is 3.51. The van der Waals surface area contributed by atoms with Crippen molar-refractivity contribution in [1.82, 2.24) is 16.0 Å². The molecule has 0 unspecified atom stereocenters. The van der Waals surface area contributed by atoms with Gasteiger partial charge in [0, 0.05) is 32.6 Å². The van der Waals surface area contributed by atoms with Gasteiger partial charge in [0.25, 0.3) is 0 Å². The number of unbranched alkanes of at least 4 members (excludes halogenated alkanes) is 2. The van der Waals surface area contributed by atoms with Crippen LogP contribution in [-0.2, 0) is 4.79 Å². The maximum atomic E-state index is 11.6. The molecule has 0 fully saturated rings. The molecule has 138 valence electrons. The molecule has 0 radical (unpaired) electrons. The summed E-state index contributed by atoms with van der Waals surface area (Å²) in [5.41, 5.74) is 0.252. The van der Waals surface area contributed by atoms with E-state index in [1.165, 1.54) is 25.7 Å². The number of rotatable bonds is 10. The first kappa shape index (κ1) is 24.7. The molecule has 6 heteroatoms. The summed E-state index contributed by atoms with van der Waals surface area (Å²) in [6.07, 6.45) is 5.49. The van der Waals surface area contributed by atoms with Crippen LogP contribution >= 0.6 is 24.0 Å². The van der Waals surface area contributed by atoms with Gasteiger partial charge in [-0.15, -0.1) is 24.0 Å². The Morgan fingerprint density at radius 1 is 1.17 bits per heavy atom. The zero-order valence-electron chi connectivity index (χ0n) is 15.8. The van der Waals surface area contributed by atoms with Crippen molar-refractivity contribution < 1.29 is 4.79 Å². The maximum Gasteiger partial charge on any atom is 0.221 e. The Morgan fingerprint density at radius 3 is 2.35 bits per heavy atom. The SMILES string of the molecule is CCCCCC(C)(C)CNC(=NC)NCCC(=O)NC(C)C.I. The van der Waals surface area contributed by atoms with Crippen LogP contribution in [-0.4, -0.2) is 38.0 Å². The molecule has 0 aliphatic rings. The number of hydrogen-bond donors (Lipinski definition) is 3. The van der Waals surface area contributed by atoms with Gasteiger partial charge in [0.05, 0.1) is 0 Å². The van der Waals surface area contributed by atoms with Gasteiger partial charge in [-0.25, -0.2) is 0 Å². The number of aliphatic imine (C=N–C) groups is 1. The number of amides is 1. The average Bonchev–Trinajstić information content (AvgIpc) is 2.42. The van der Waals surface area contributed by atoms with Gasteiger partial charge in [0.15, 0.2) is 5.96 Å². The first-order valence-electron chi connectivity index (χ1n) is 8.54. The molecule has 3 N–H and O–H groups in total. The van der Waals surface area contributed by atoms with Gasteiger partial charge >= 0.3 is 0 Å². The van der Waals surface area contributed by atoms with Crippen molar-refractivity contribution in [3.05, 3.63) is 0 Å². The molecule has 0 saturated heterocycles. The van der Waals surface area contributed by atoms with Crippen molar-refractivity contribution in [3.63, 3.8) is 0 Å². The van der Waals surface area contributed by atoms with Gasteiger partial charge in [0.1, 0.15) is 0 Å². The van der Waals surface area contributed by atoms with Crippen molar-refractivity contribution in [1.29, 1.82) is 0 Å². The summed E-state index contributed by atoms with van der Waals surface area (Å²) in [5.74, 6) is 0.832. The molecular weight excluding hydrogens is 403 g/mol. The van der Waals surface area contributed by atoms with Crippen molar-refractivity contribution in [2.75, 3.05) is 20.1 Å². The van der Waals surface area contributed by atoms with E-state index in [1.54, 1.807) is 7.05 Å². The van der Waals surface area contributed by atoms with E-state index in [0.717, 1.165) is 12.5 Å². The van der Waals surface area contributed by atoms with Gasteiger partial charge in [-0.3, -0.25) is 9.79 Å². The Balaban J connectivity index is 0. The van der Waals surface area contributed by atoms with Crippen LogP contribution in [0.5, 0.6) is 0 Å². The number of nitrogens with zero attached hydrogens (tertiary/aromatic N) is 1. The highest BCUT2D eigenvalue weighted by Crippen LogP contribution is 2.22. The Morgan fingerprint density at radius 2 is 1.83 bits per heavy atom. The minimum absolute atomic E-state index is 0. The summed E-state index contributed by atoms with van der Waals surface area (Å²) in [4.78, 5) is 15.8. The first-order valence-corrected chi connectivity index (χ1v) is 8.54. The average molecular weight is 440 g/mol. The van der Waals surface area contributed by atoms with Crippen molar-refractivity contribution in [2.24, 2.45) is 10.4 Å². The van der Waals surface area contributed by atoms with Gasteiger partial charge in [-0.1, -0.05) is 40.0 Å². The number of hydrogen-bond acceptors (Lipinski definition) is 2. The highest BCUT2D eigenvalue weighted by atomic mass is 127. The maximum absolute atomic E-state index is 11.6.